The topological polar surface area (TPSA) is 46.3 Å². The summed E-state index contributed by atoms with van der Waals surface area (Å²) in [6, 6.07) is 0. The number of piperidine rings is 1. The number of carbonyl (C=O) groups excluding carboxylic acids is 1. The minimum atomic E-state index is -0.148. The molecule has 1 rings (SSSR count). The number of hydrogen-bond donors (Lipinski definition) is 1. The summed E-state index contributed by atoms with van der Waals surface area (Å²) in [4.78, 5) is 13.2. The molecule has 13 heavy (non-hydrogen) atoms. The normalized spacial score (nSPS) is 25.2. The average Bonchev–Trinajstić information content (AvgIpc) is 2.15. The van der Waals surface area contributed by atoms with Crippen molar-refractivity contribution in [3.63, 3.8) is 0 Å². The molecule has 1 atom stereocenters. The third kappa shape index (κ3) is 3.19. The zero-order valence-corrected chi connectivity index (χ0v) is 8.20. The van der Waals surface area contributed by atoms with Crippen LogP contribution in [0.25, 0.3) is 0 Å². The van der Waals surface area contributed by atoms with Crippen LogP contribution in [0.4, 0.5) is 0 Å². The van der Waals surface area contributed by atoms with Crippen molar-refractivity contribution in [3.8, 4) is 0 Å². The van der Waals surface area contributed by atoms with E-state index in [1.807, 2.05) is 13.0 Å². The van der Waals surface area contributed by atoms with Crippen molar-refractivity contribution in [1.29, 1.82) is 0 Å². The van der Waals surface area contributed by atoms with Gasteiger partial charge >= 0.3 is 0 Å². The molecular weight excluding hydrogens is 164 g/mol. The molecule has 0 saturated carbocycles. The largest absolute Gasteiger partial charge is 0.369 e. The number of amides is 1. The number of likely N-dealkylation sites (tertiary alicyclic amines) is 1. The molecule has 0 bridgehead atoms. The highest BCUT2D eigenvalue weighted by Crippen LogP contribution is 2.15. The lowest BCUT2D eigenvalue weighted by Gasteiger charge is -2.30. The molecule has 1 aliphatic heterocycles. The van der Waals surface area contributed by atoms with E-state index in [4.69, 9.17) is 5.73 Å². The van der Waals surface area contributed by atoms with Gasteiger partial charge in [0.25, 0.3) is 0 Å². The van der Waals surface area contributed by atoms with Crippen LogP contribution in [0.2, 0.25) is 0 Å². The summed E-state index contributed by atoms with van der Waals surface area (Å²) in [5, 5.41) is 0. The Labute approximate surface area is 79.6 Å². The summed E-state index contributed by atoms with van der Waals surface area (Å²) in [5.41, 5.74) is 5.27. The molecule has 3 nitrogen and oxygen atoms in total. The second-order valence-corrected chi connectivity index (χ2v) is 3.57. The minimum absolute atomic E-state index is 0.0685. The Morgan fingerprint density at radius 3 is 3.08 bits per heavy atom. The van der Waals surface area contributed by atoms with Crippen LogP contribution in [0.3, 0.4) is 0 Å². The summed E-state index contributed by atoms with van der Waals surface area (Å²) in [7, 11) is 0. The monoisotopic (exact) mass is 182 g/mol. The zero-order chi connectivity index (χ0) is 9.68. The highest BCUT2D eigenvalue weighted by Gasteiger charge is 2.22. The first kappa shape index (κ1) is 10.3. The van der Waals surface area contributed by atoms with Gasteiger partial charge in [0.05, 0.1) is 5.92 Å². The molecule has 0 aliphatic carbocycles. The number of hydrogen-bond acceptors (Lipinski definition) is 2. The molecule has 1 heterocycles. The Kier molecular flexibility index (Phi) is 3.96. The smallest absolute Gasteiger partial charge is 0.221 e. The van der Waals surface area contributed by atoms with Crippen molar-refractivity contribution >= 4 is 5.91 Å². The van der Waals surface area contributed by atoms with Gasteiger partial charge in [0.15, 0.2) is 0 Å². The average molecular weight is 182 g/mol. The molecular formula is C10H18N2O. The summed E-state index contributed by atoms with van der Waals surface area (Å²) in [6.45, 7) is 4.88. The Balaban J connectivity index is 2.37. The molecule has 1 fully saturated rings. The van der Waals surface area contributed by atoms with Gasteiger partial charge in [-0.05, 0) is 26.3 Å². The van der Waals surface area contributed by atoms with Gasteiger partial charge in [0.2, 0.25) is 5.91 Å². The highest BCUT2D eigenvalue weighted by atomic mass is 16.1. The molecule has 0 radical (unpaired) electrons. The summed E-state index contributed by atoms with van der Waals surface area (Å²) < 4.78 is 0. The van der Waals surface area contributed by atoms with E-state index in [1.54, 1.807) is 0 Å². The van der Waals surface area contributed by atoms with Crippen molar-refractivity contribution < 1.29 is 4.79 Å². The molecule has 0 aromatic rings. The number of carbonyl (C=O) groups is 1. The summed E-state index contributed by atoms with van der Waals surface area (Å²) in [6.07, 6.45) is 6.20. The number of primary amides is 1. The fourth-order valence-electron chi connectivity index (χ4n) is 1.71. The molecule has 1 saturated heterocycles. The van der Waals surface area contributed by atoms with Gasteiger partial charge in [-0.2, -0.15) is 0 Å². The highest BCUT2D eigenvalue weighted by molar-refractivity contribution is 5.76. The van der Waals surface area contributed by atoms with Crippen LogP contribution in [0.15, 0.2) is 12.2 Å². The maximum atomic E-state index is 11.0. The van der Waals surface area contributed by atoms with Gasteiger partial charge in [0.1, 0.15) is 0 Å². The fourth-order valence-corrected chi connectivity index (χ4v) is 1.71. The van der Waals surface area contributed by atoms with Crippen molar-refractivity contribution in [3.05, 3.63) is 12.2 Å². The maximum Gasteiger partial charge on any atom is 0.221 e. The van der Waals surface area contributed by atoms with Crippen LogP contribution in [0.5, 0.6) is 0 Å². The molecule has 0 aromatic heterocycles. The Hall–Kier alpha value is -0.830. The second-order valence-electron chi connectivity index (χ2n) is 3.57. The van der Waals surface area contributed by atoms with Crippen LogP contribution in [-0.2, 0) is 4.79 Å². The molecule has 3 heteroatoms. The van der Waals surface area contributed by atoms with Crippen molar-refractivity contribution in [1.82, 2.24) is 4.90 Å². The lowest BCUT2D eigenvalue weighted by Crippen LogP contribution is -2.41. The van der Waals surface area contributed by atoms with Gasteiger partial charge < -0.3 is 5.73 Å². The number of nitrogens with two attached hydrogens (primary N) is 1. The van der Waals surface area contributed by atoms with Gasteiger partial charge in [0, 0.05) is 13.1 Å². The Bertz CT molecular complexity index is 201. The van der Waals surface area contributed by atoms with E-state index < -0.39 is 0 Å². The first-order valence-corrected chi connectivity index (χ1v) is 4.87. The molecule has 1 aliphatic rings. The molecule has 2 N–H and O–H groups in total. The van der Waals surface area contributed by atoms with E-state index in [0.717, 1.165) is 32.5 Å². The lowest BCUT2D eigenvalue weighted by atomic mass is 9.97. The van der Waals surface area contributed by atoms with Crippen LogP contribution in [0, 0.1) is 5.92 Å². The summed E-state index contributed by atoms with van der Waals surface area (Å²) >= 11 is 0. The van der Waals surface area contributed by atoms with E-state index >= 15 is 0 Å². The number of rotatable bonds is 3. The van der Waals surface area contributed by atoms with Gasteiger partial charge in [-0.25, -0.2) is 0 Å². The standard InChI is InChI=1S/C10H18N2O/c1-2-3-6-12-7-4-5-9(8-12)10(11)13/h2-3,9H,4-8H2,1H3,(H2,11,13)/b3-2+. The van der Waals surface area contributed by atoms with E-state index in [9.17, 15) is 4.79 Å². The van der Waals surface area contributed by atoms with E-state index in [0.29, 0.717) is 0 Å². The molecule has 1 amide bonds. The van der Waals surface area contributed by atoms with Crippen LogP contribution in [-0.4, -0.2) is 30.4 Å². The van der Waals surface area contributed by atoms with Gasteiger partial charge in [-0.1, -0.05) is 12.2 Å². The van der Waals surface area contributed by atoms with Crippen LogP contribution in [0.1, 0.15) is 19.8 Å². The Morgan fingerprint density at radius 2 is 2.46 bits per heavy atom. The predicted molar refractivity (Wildman–Crippen MR) is 53.2 cm³/mol. The van der Waals surface area contributed by atoms with E-state index in [1.165, 1.54) is 0 Å². The second kappa shape index (κ2) is 5.02. The first-order chi connectivity index (χ1) is 6.24. The van der Waals surface area contributed by atoms with E-state index in [-0.39, 0.29) is 11.8 Å². The van der Waals surface area contributed by atoms with Crippen LogP contribution < -0.4 is 5.73 Å². The SMILES string of the molecule is C/C=C/CN1CCCC(C(N)=O)C1. The van der Waals surface area contributed by atoms with Gasteiger partial charge in [-0.15, -0.1) is 0 Å². The van der Waals surface area contributed by atoms with Gasteiger partial charge in [-0.3, -0.25) is 9.69 Å². The Morgan fingerprint density at radius 1 is 1.69 bits per heavy atom. The summed E-state index contributed by atoms with van der Waals surface area (Å²) in [5.74, 6) is -0.0795. The third-order valence-electron chi connectivity index (χ3n) is 2.51. The predicted octanol–water partition coefficient (Wildman–Crippen LogP) is 0.760. The molecule has 0 aromatic carbocycles. The van der Waals surface area contributed by atoms with Crippen molar-refractivity contribution in [2.45, 2.75) is 19.8 Å². The zero-order valence-electron chi connectivity index (χ0n) is 8.20. The number of allylic oxidation sites excluding steroid dienone is 1. The maximum absolute atomic E-state index is 11.0. The van der Waals surface area contributed by atoms with Crippen molar-refractivity contribution in [2.24, 2.45) is 11.7 Å². The third-order valence-corrected chi connectivity index (χ3v) is 2.51. The minimum Gasteiger partial charge on any atom is -0.369 e. The lowest BCUT2D eigenvalue weighted by molar-refractivity contribution is -0.123. The molecule has 0 spiro atoms. The van der Waals surface area contributed by atoms with Crippen LogP contribution >= 0.6 is 0 Å². The quantitative estimate of drug-likeness (QED) is 0.655. The first-order valence-electron chi connectivity index (χ1n) is 4.87. The van der Waals surface area contributed by atoms with E-state index in [2.05, 4.69) is 11.0 Å². The molecule has 74 valence electrons. The fraction of sp³-hybridized carbons (Fsp3) is 0.700. The number of nitrogens with zero attached hydrogens (tertiary/aromatic N) is 1. The van der Waals surface area contributed by atoms with Crippen molar-refractivity contribution in [2.75, 3.05) is 19.6 Å². The molecule has 1 unspecified atom stereocenters.